The Kier molecular flexibility index (Phi) is 6.11. The van der Waals surface area contributed by atoms with Gasteiger partial charge in [-0.05, 0) is 17.7 Å². The molecule has 0 unspecified atom stereocenters. The van der Waals surface area contributed by atoms with Crippen LogP contribution in [0.2, 0.25) is 5.15 Å². The number of pyridine rings is 1. The molecule has 2 aliphatic heterocycles. The number of hydrogen-bond acceptors (Lipinski definition) is 5. The first-order valence-electron chi connectivity index (χ1n) is 11.0. The Bertz CT molecular complexity index is 1170. The molecule has 1 aromatic carbocycles. The largest absolute Gasteiger partial charge is 0.378 e. The van der Waals surface area contributed by atoms with Gasteiger partial charge in [0.1, 0.15) is 5.15 Å². The highest BCUT2D eigenvalue weighted by atomic mass is 35.5. The van der Waals surface area contributed by atoms with Crippen molar-refractivity contribution in [2.24, 2.45) is 0 Å². The van der Waals surface area contributed by atoms with Crippen LogP contribution >= 0.6 is 11.6 Å². The first-order valence-corrected chi connectivity index (χ1v) is 11.4. The van der Waals surface area contributed by atoms with Crippen LogP contribution in [-0.2, 0) is 24.2 Å². The van der Waals surface area contributed by atoms with Gasteiger partial charge in [0, 0.05) is 49.1 Å². The molecule has 9 heteroatoms. The molecule has 0 radical (unpaired) electrons. The Hall–Kier alpha value is -3.23. The van der Waals surface area contributed by atoms with Gasteiger partial charge in [-0.25, -0.2) is 4.98 Å². The van der Waals surface area contributed by atoms with E-state index in [-0.39, 0.29) is 17.0 Å². The van der Waals surface area contributed by atoms with E-state index in [2.05, 4.69) is 4.98 Å². The summed E-state index contributed by atoms with van der Waals surface area (Å²) in [6, 6.07) is 13.3. The number of hydrogen-bond donors (Lipinski definition) is 0. The maximum Gasteiger partial charge on any atom is 0.274 e. The Morgan fingerprint density at radius 1 is 1.00 bits per heavy atom. The average Bonchev–Trinajstić information content (AvgIpc) is 3.21. The molecule has 1 saturated heterocycles. The molecule has 2 aromatic heterocycles. The van der Waals surface area contributed by atoms with Gasteiger partial charge in [-0.3, -0.25) is 14.3 Å². The number of carbonyl (C=O) groups is 2. The number of rotatable bonds is 4. The fraction of sp³-hybridized carbons (Fsp3) is 0.333. The van der Waals surface area contributed by atoms with Gasteiger partial charge >= 0.3 is 0 Å². The predicted molar refractivity (Wildman–Crippen MR) is 122 cm³/mol. The van der Waals surface area contributed by atoms with Crippen LogP contribution in [0.3, 0.4) is 0 Å². The van der Waals surface area contributed by atoms with E-state index in [0.29, 0.717) is 63.6 Å². The lowest BCUT2D eigenvalue weighted by molar-refractivity contribution is 0.0296. The highest BCUT2D eigenvalue weighted by Crippen LogP contribution is 2.26. The van der Waals surface area contributed by atoms with Crippen LogP contribution in [0.4, 0.5) is 0 Å². The van der Waals surface area contributed by atoms with Gasteiger partial charge in [-0.1, -0.05) is 41.9 Å². The molecule has 2 amide bonds. The maximum atomic E-state index is 13.4. The lowest BCUT2D eigenvalue weighted by Crippen LogP contribution is -2.42. The lowest BCUT2D eigenvalue weighted by atomic mass is 10.0. The molecule has 5 rings (SSSR count). The second kappa shape index (κ2) is 9.33. The monoisotopic (exact) mass is 465 g/mol. The van der Waals surface area contributed by atoms with Crippen LogP contribution in [0.5, 0.6) is 0 Å². The lowest BCUT2D eigenvalue weighted by Gasteiger charge is -2.29. The molecule has 1 fully saturated rings. The number of morpholine rings is 1. The number of amides is 2. The minimum atomic E-state index is -0.134. The van der Waals surface area contributed by atoms with Crippen molar-refractivity contribution in [3.8, 4) is 0 Å². The van der Waals surface area contributed by atoms with Gasteiger partial charge in [-0.15, -0.1) is 0 Å². The zero-order valence-corrected chi connectivity index (χ0v) is 18.9. The van der Waals surface area contributed by atoms with E-state index in [1.807, 2.05) is 35.0 Å². The topological polar surface area (TPSA) is 80.6 Å². The molecule has 33 heavy (non-hydrogen) atoms. The summed E-state index contributed by atoms with van der Waals surface area (Å²) in [6.45, 7) is 3.56. The Morgan fingerprint density at radius 3 is 2.55 bits per heavy atom. The zero-order valence-electron chi connectivity index (χ0n) is 18.1. The Morgan fingerprint density at radius 2 is 1.79 bits per heavy atom. The van der Waals surface area contributed by atoms with Crippen molar-refractivity contribution < 1.29 is 14.3 Å². The first-order chi connectivity index (χ1) is 16.1. The minimum absolute atomic E-state index is 0.109. The summed E-state index contributed by atoms with van der Waals surface area (Å²) in [7, 11) is 0. The van der Waals surface area contributed by atoms with E-state index in [4.69, 9.17) is 21.4 Å². The average molecular weight is 466 g/mol. The Labute approximate surface area is 196 Å². The third-order valence-corrected chi connectivity index (χ3v) is 6.28. The van der Waals surface area contributed by atoms with Crippen molar-refractivity contribution in [2.45, 2.75) is 19.5 Å². The van der Waals surface area contributed by atoms with Gasteiger partial charge in [0.15, 0.2) is 5.69 Å². The van der Waals surface area contributed by atoms with Crippen molar-refractivity contribution in [1.82, 2.24) is 24.6 Å². The summed E-state index contributed by atoms with van der Waals surface area (Å²) < 4.78 is 7.32. The summed E-state index contributed by atoms with van der Waals surface area (Å²) in [6.07, 6.45) is 2.15. The van der Waals surface area contributed by atoms with E-state index < -0.39 is 0 Å². The summed E-state index contributed by atoms with van der Waals surface area (Å²) >= 11 is 5.99. The fourth-order valence-corrected chi connectivity index (χ4v) is 4.53. The maximum absolute atomic E-state index is 13.4. The third-order valence-electron chi connectivity index (χ3n) is 6.07. The van der Waals surface area contributed by atoms with Crippen molar-refractivity contribution in [3.63, 3.8) is 0 Å². The SMILES string of the molecule is O=C(c1ccnc(Cl)c1)N1CCc2c(c(C(=O)N3CCOCC3)nn2Cc2ccccc2)C1. The van der Waals surface area contributed by atoms with Gasteiger partial charge < -0.3 is 14.5 Å². The molecule has 8 nitrogen and oxygen atoms in total. The van der Waals surface area contributed by atoms with E-state index in [0.717, 1.165) is 16.8 Å². The predicted octanol–water partition coefficient (Wildman–Crippen LogP) is 2.65. The molecule has 2 aliphatic rings. The van der Waals surface area contributed by atoms with Crippen LogP contribution in [0.15, 0.2) is 48.7 Å². The number of benzene rings is 1. The zero-order chi connectivity index (χ0) is 22.8. The standard InChI is InChI=1S/C24H24ClN5O3/c25-21-14-18(6-8-26-21)23(31)29-9-7-20-19(16-29)22(24(32)28-10-12-33-13-11-28)27-30(20)15-17-4-2-1-3-5-17/h1-6,8,14H,7,9-13,15-16H2. The van der Waals surface area contributed by atoms with Crippen molar-refractivity contribution in [3.05, 3.63) is 81.9 Å². The molecular formula is C24H24ClN5O3. The number of nitrogens with zero attached hydrogens (tertiary/aromatic N) is 5. The molecule has 0 saturated carbocycles. The van der Waals surface area contributed by atoms with Gasteiger partial charge in [0.25, 0.3) is 11.8 Å². The van der Waals surface area contributed by atoms with Crippen molar-refractivity contribution in [2.75, 3.05) is 32.8 Å². The summed E-state index contributed by atoms with van der Waals surface area (Å²) in [5.41, 5.74) is 3.84. The number of fused-ring (bicyclic) bond motifs is 1. The molecule has 4 heterocycles. The van der Waals surface area contributed by atoms with Gasteiger partial charge in [-0.2, -0.15) is 5.10 Å². The molecule has 0 atom stereocenters. The molecule has 170 valence electrons. The molecular weight excluding hydrogens is 442 g/mol. The molecule has 3 aromatic rings. The van der Waals surface area contributed by atoms with Gasteiger partial charge in [0.05, 0.1) is 26.3 Å². The normalized spacial score (nSPS) is 15.9. The van der Waals surface area contributed by atoms with E-state index in [9.17, 15) is 9.59 Å². The molecule has 0 aliphatic carbocycles. The van der Waals surface area contributed by atoms with Gasteiger partial charge in [0.2, 0.25) is 0 Å². The quantitative estimate of drug-likeness (QED) is 0.553. The van der Waals surface area contributed by atoms with Crippen LogP contribution in [0.1, 0.15) is 37.7 Å². The number of halogens is 1. The highest BCUT2D eigenvalue weighted by molar-refractivity contribution is 6.29. The van der Waals surface area contributed by atoms with E-state index in [1.54, 1.807) is 21.9 Å². The van der Waals surface area contributed by atoms with Crippen LogP contribution in [0, 0.1) is 0 Å². The van der Waals surface area contributed by atoms with E-state index >= 15 is 0 Å². The fourth-order valence-electron chi connectivity index (χ4n) is 4.36. The number of carbonyl (C=O) groups excluding carboxylic acids is 2. The van der Waals surface area contributed by atoms with Crippen LogP contribution in [-0.4, -0.2) is 69.2 Å². The van der Waals surface area contributed by atoms with Crippen molar-refractivity contribution in [1.29, 1.82) is 0 Å². The summed E-state index contributed by atoms with van der Waals surface area (Å²) in [5, 5.41) is 5.03. The first kappa shape index (κ1) is 21.6. The van der Waals surface area contributed by atoms with E-state index in [1.165, 1.54) is 6.20 Å². The summed E-state index contributed by atoms with van der Waals surface area (Å²) in [5.74, 6) is -0.242. The summed E-state index contributed by atoms with van der Waals surface area (Å²) in [4.78, 5) is 34.0. The Balaban J connectivity index is 1.47. The molecule has 0 bridgehead atoms. The highest BCUT2D eigenvalue weighted by Gasteiger charge is 2.32. The second-order valence-corrected chi connectivity index (χ2v) is 8.55. The van der Waals surface area contributed by atoms with Crippen LogP contribution in [0.25, 0.3) is 0 Å². The van der Waals surface area contributed by atoms with Crippen molar-refractivity contribution >= 4 is 23.4 Å². The number of aromatic nitrogens is 3. The second-order valence-electron chi connectivity index (χ2n) is 8.17. The number of ether oxygens (including phenoxy) is 1. The minimum Gasteiger partial charge on any atom is -0.378 e. The molecule has 0 N–H and O–H groups in total. The molecule has 0 spiro atoms. The third kappa shape index (κ3) is 4.49. The van der Waals surface area contributed by atoms with Crippen LogP contribution < -0.4 is 0 Å². The smallest absolute Gasteiger partial charge is 0.274 e.